The van der Waals surface area contributed by atoms with Crippen LogP contribution in [0.1, 0.15) is 48.3 Å². The fourth-order valence-corrected chi connectivity index (χ4v) is 4.09. The van der Waals surface area contributed by atoms with Gasteiger partial charge in [0.1, 0.15) is 6.54 Å². The van der Waals surface area contributed by atoms with Gasteiger partial charge >= 0.3 is 5.97 Å². The number of nitrogens with zero attached hydrogens (tertiary/aromatic N) is 1. The number of anilines is 1. The second kappa shape index (κ2) is 6.10. The van der Waals surface area contributed by atoms with Crippen LogP contribution in [0, 0.1) is 12.3 Å². The van der Waals surface area contributed by atoms with Gasteiger partial charge < -0.3 is 15.4 Å². The molecule has 4 heteroatoms. The number of fused-ring (bicyclic) bond motifs is 1. The van der Waals surface area contributed by atoms with Crippen molar-refractivity contribution in [3.8, 4) is 0 Å². The summed E-state index contributed by atoms with van der Waals surface area (Å²) in [6, 6.07) is 7.85. The van der Waals surface area contributed by atoms with Gasteiger partial charge in [-0.05, 0) is 47.9 Å². The van der Waals surface area contributed by atoms with Gasteiger partial charge in [0.05, 0.1) is 0 Å². The molecule has 1 aliphatic carbocycles. The molecule has 4 nitrogen and oxygen atoms in total. The number of hydrogen-bond donors (Lipinski definition) is 2. The summed E-state index contributed by atoms with van der Waals surface area (Å²) in [6.07, 6.45) is 2.49. The molecule has 2 aromatic rings. The first-order valence-corrected chi connectivity index (χ1v) is 8.64. The average molecular weight is 338 g/mol. The fraction of sp³-hybridized carbons (Fsp3) is 0.381. The quantitative estimate of drug-likeness (QED) is 0.827. The molecule has 0 amide bonds. The molecule has 0 atom stereocenters. The number of carbonyl (C=O) groups is 1. The summed E-state index contributed by atoms with van der Waals surface area (Å²) in [5.41, 5.74) is 13.6. The molecule has 0 fully saturated rings. The smallest absolute Gasteiger partial charge is 0.323 e. The normalized spacial score (nSPS) is 15.9. The lowest BCUT2D eigenvalue weighted by molar-refractivity contribution is -0.137. The Labute approximate surface area is 149 Å². The minimum absolute atomic E-state index is 0.0121. The molecular weight excluding hydrogens is 312 g/mol. The van der Waals surface area contributed by atoms with Crippen LogP contribution in [0.15, 0.2) is 30.8 Å². The van der Waals surface area contributed by atoms with Crippen LogP contribution >= 0.6 is 0 Å². The van der Waals surface area contributed by atoms with E-state index in [-0.39, 0.29) is 12.0 Å². The Bertz CT molecular complexity index is 859. The number of allylic oxidation sites excluding steroid dienone is 1. The molecule has 1 aromatic heterocycles. The zero-order chi connectivity index (χ0) is 18.4. The number of aromatic nitrogens is 1. The second-order valence-corrected chi connectivity index (χ2v) is 7.86. The maximum absolute atomic E-state index is 11.4. The van der Waals surface area contributed by atoms with Gasteiger partial charge in [0.2, 0.25) is 0 Å². The Kier molecular flexibility index (Phi) is 4.23. The summed E-state index contributed by atoms with van der Waals surface area (Å²) in [6.45, 7) is 10.7. The first-order chi connectivity index (χ1) is 11.7. The number of carboxylic acid groups (broad SMARTS) is 1. The molecular formula is C21H26N2O2. The highest BCUT2D eigenvalue weighted by Crippen LogP contribution is 2.44. The van der Waals surface area contributed by atoms with Gasteiger partial charge in [-0.25, -0.2) is 0 Å². The van der Waals surface area contributed by atoms with Crippen molar-refractivity contribution < 1.29 is 9.90 Å². The second-order valence-electron chi connectivity index (χ2n) is 7.86. The maximum Gasteiger partial charge on any atom is 0.323 e. The van der Waals surface area contributed by atoms with Gasteiger partial charge in [0.15, 0.2) is 0 Å². The van der Waals surface area contributed by atoms with E-state index in [1.807, 2.05) is 35.8 Å². The first-order valence-electron chi connectivity index (χ1n) is 8.64. The Morgan fingerprint density at radius 1 is 1.32 bits per heavy atom. The Morgan fingerprint density at radius 3 is 2.64 bits per heavy atom. The lowest BCUT2D eigenvalue weighted by Gasteiger charge is -2.32. The van der Waals surface area contributed by atoms with Gasteiger partial charge in [-0.1, -0.05) is 38.6 Å². The topological polar surface area (TPSA) is 68.2 Å². The van der Waals surface area contributed by atoms with E-state index in [2.05, 4.69) is 20.4 Å². The number of nitrogen functional groups attached to an aromatic ring is 1. The Balaban J connectivity index is 2.16. The molecule has 0 radical (unpaired) electrons. The third-order valence-electron chi connectivity index (χ3n) is 5.16. The average Bonchev–Trinajstić information content (AvgIpc) is 2.73. The maximum atomic E-state index is 11.4. The minimum Gasteiger partial charge on any atom is -0.480 e. The summed E-state index contributed by atoms with van der Waals surface area (Å²) >= 11 is 0. The molecule has 3 rings (SSSR count). The number of benzene rings is 1. The number of aliphatic carboxylic acids is 1. The third kappa shape index (κ3) is 3.21. The number of carboxylic acids is 1. The molecule has 1 aromatic carbocycles. The molecule has 3 N–H and O–H groups in total. The van der Waals surface area contributed by atoms with Crippen molar-refractivity contribution in [2.75, 3.05) is 5.73 Å². The molecule has 1 aliphatic rings. The molecule has 0 saturated carbocycles. The summed E-state index contributed by atoms with van der Waals surface area (Å²) < 4.78 is 1.96. The van der Waals surface area contributed by atoms with Crippen molar-refractivity contribution in [1.29, 1.82) is 0 Å². The van der Waals surface area contributed by atoms with E-state index >= 15 is 0 Å². The van der Waals surface area contributed by atoms with Crippen molar-refractivity contribution in [2.45, 2.75) is 46.6 Å². The van der Waals surface area contributed by atoms with E-state index in [9.17, 15) is 9.90 Å². The van der Waals surface area contributed by atoms with Gasteiger partial charge in [0, 0.05) is 29.1 Å². The van der Waals surface area contributed by atoms with E-state index in [1.54, 1.807) is 0 Å². The molecule has 0 aliphatic heterocycles. The number of para-hydroxylation sites is 1. The van der Waals surface area contributed by atoms with Crippen molar-refractivity contribution in [2.24, 2.45) is 5.41 Å². The van der Waals surface area contributed by atoms with Crippen molar-refractivity contribution >= 4 is 17.2 Å². The Morgan fingerprint density at radius 2 is 2.00 bits per heavy atom. The van der Waals surface area contributed by atoms with Gasteiger partial charge in [-0.15, -0.1) is 0 Å². The van der Waals surface area contributed by atoms with E-state index in [4.69, 9.17) is 5.73 Å². The molecule has 0 bridgehead atoms. The van der Waals surface area contributed by atoms with Crippen molar-refractivity contribution in [3.05, 3.63) is 58.9 Å². The predicted molar refractivity (Wildman–Crippen MR) is 102 cm³/mol. The Hall–Kier alpha value is -2.49. The van der Waals surface area contributed by atoms with Crippen LogP contribution < -0.4 is 5.73 Å². The van der Waals surface area contributed by atoms with Gasteiger partial charge in [-0.2, -0.15) is 0 Å². The largest absolute Gasteiger partial charge is 0.480 e. The highest BCUT2D eigenvalue weighted by molar-refractivity contribution is 5.75. The molecule has 1 heterocycles. The number of hydrogen-bond acceptors (Lipinski definition) is 2. The van der Waals surface area contributed by atoms with Crippen molar-refractivity contribution in [1.82, 2.24) is 4.57 Å². The van der Waals surface area contributed by atoms with Crippen LogP contribution in [0.3, 0.4) is 0 Å². The standard InChI is InChI=1S/C21H26N2O2/c1-13-10-21(3,4)11-18-20(13)16(14(2)23(18)12-19(24)25)9-15-7-5-6-8-17(15)22/h5-8H,1,9-12,22H2,2-4H3,(H,24,25). The lowest BCUT2D eigenvalue weighted by atomic mass is 9.73. The number of rotatable bonds is 4. The summed E-state index contributed by atoms with van der Waals surface area (Å²) in [5.74, 6) is -0.819. The highest BCUT2D eigenvalue weighted by atomic mass is 16.4. The van der Waals surface area contributed by atoms with Crippen molar-refractivity contribution in [3.63, 3.8) is 0 Å². The number of nitrogens with two attached hydrogens (primary N) is 1. The van der Waals surface area contributed by atoms with Crippen LogP contribution in [-0.2, 0) is 24.2 Å². The van der Waals surface area contributed by atoms with Crippen LogP contribution in [0.4, 0.5) is 5.69 Å². The van der Waals surface area contributed by atoms with Crippen LogP contribution in [-0.4, -0.2) is 15.6 Å². The predicted octanol–water partition coefficient (Wildman–Crippen LogP) is 4.04. The zero-order valence-corrected chi connectivity index (χ0v) is 15.2. The molecule has 0 unspecified atom stereocenters. The summed E-state index contributed by atoms with van der Waals surface area (Å²) in [7, 11) is 0. The molecule has 132 valence electrons. The summed E-state index contributed by atoms with van der Waals surface area (Å²) in [5, 5.41) is 9.37. The summed E-state index contributed by atoms with van der Waals surface area (Å²) in [4.78, 5) is 11.4. The molecule has 0 saturated heterocycles. The van der Waals surface area contributed by atoms with Gasteiger partial charge in [0.25, 0.3) is 0 Å². The highest BCUT2D eigenvalue weighted by Gasteiger charge is 2.34. The lowest BCUT2D eigenvalue weighted by Crippen LogP contribution is -2.24. The first kappa shape index (κ1) is 17.3. The van der Waals surface area contributed by atoms with Crippen LogP contribution in [0.5, 0.6) is 0 Å². The van der Waals surface area contributed by atoms with Crippen LogP contribution in [0.25, 0.3) is 5.57 Å². The fourth-order valence-electron chi connectivity index (χ4n) is 4.09. The zero-order valence-electron chi connectivity index (χ0n) is 15.2. The monoisotopic (exact) mass is 338 g/mol. The van der Waals surface area contributed by atoms with E-state index in [0.29, 0.717) is 6.42 Å². The van der Waals surface area contributed by atoms with Crippen LogP contribution in [0.2, 0.25) is 0 Å². The van der Waals surface area contributed by atoms with Gasteiger partial charge in [-0.3, -0.25) is 4.79 Å². The minimum atomic E-state index is -0.819. The molecule has 0 spiro atoms. The van der Waals surface area contributed by atoms with E-state index in [0.717, 1.165) is 52.2 Å². The van der Waals surface area contributed by atoms with E-state index < -0.39 is 5.97 Å². The van der Waals surface area contributed by atoms with E-state index in [1.165, 1.54) is 0 Å². The molecule has 25 heavy (non-hydrogen) atoms. The third-order valence-corrected chi connectivity index (χ3v) is 5.16. The SMILES string of the molecule is C=C1CC(C)(C)Cc2c1c(Cc1ccccc1N)c(C)n2CC(=O)O.